The lowest BCUT2D eigenvalue weighted by molar-refractivity contribution is -0.119. The molecule has 0 aliphatic rings. The van der Waals surface area contributed by atoms with E-state index in [1.54, 1.807) is 49.4 Å². The summed E-state index contributed by atoms with van der Waals surface area (Å²) in [5.74, 6) is -0.325. The molecule has 0 radical (unpaired) electrons. The molecule has 0 spiro atoms. The number of benzene rings is 2. The molecule has 1 atom stereocenters. The van der Waals surface area contributed by atoms with Crippen LogP contribution in [-0.2, 0) is 4.79 Å². The lowest BCUT2D eigenvalue weighted by Crippen LogP contribution is -2.44. The predicted octanol–water partition coefficient (Wildman–Crippen LogP) is 2.63. The Morgan fingerprint density at radius 3 is 2.32 bits per heavy atom. The van der Waals surface area contributed by atoms with Crippen LogP contribution in [0.15, 0.2) is 47.4 Å². The topological polar surface area (TPSA) is 108 Å². The van der Waals surface area contributed by atoms with Crippen LogP contribution in [0.1, 0.15) is 34.1 Å². The highest BCUT2D eigenvalue weighted by Crippen LogP contribution is 2.35. The van der Waals surface area contributed by atoms with Crippen LogP contribution in [0.5, 0.6) is 11.5 Å². The van der Waals surface area contributed by atoms with Crippen LogP contribution in [0.2, 0.25) is 0 Å². The summed E-state index contributed by atoms with van der Waals surface area (Å²) < 4.78 is 10.5. The Kier molecular flexibility index (Phi) is 7.45. The second-order valence-electron chi connectivity index (χ2n) is 5.76. The summed E-state index contributed by atoms with van der Waals surface area (Å²) in [6, 6.07) is 10.9. The van der Waals surface area contributed by atoms with Crippen LogP contribution in [0, 0.1) is 0 Å². The molecule has 0 aromatic heterocycles. The molecule has 0 fully saturated rings. The van der Waals surface area contributed by atoms with E-state index in [4.69, 9.17) is 15.2 Å². The van der Waals surface area contributed by atoms with Crippen molar-refractivity contribution in [3.63, 3.8) is 0 Å². The van der Waals surface area contributed by atoms with Crippen molar-refractivity contribution in [2.75, 3.05) is 14.2 Å². The van der Waals surface area contributed by atoms with Crippen molar-refractivity contribution in [2.24, 2.45) is 5.73 Å². The van der Waals surface area contributed by atoms with E-state index in [-0.39, 0.29) is 10.7 Å². The predicted molar refractivity (Wildman–Crippen MR) is 107 cm³/mol. The average molecular weight is 402 g/mol. The molecule has 0 aliphatic carbocycles. The minimum atomic E-state index is -0.778. The third-order valence-corrected chi connectivity index (χ3v) is 5.00. The number of thioether (sulfide) groups is 1. The molecule has 7 nitrogen and oxygen atoms in total. The van der Waals surface area contributed by atoms with Gasteiger partial charge in [0.05, 0.1) is 25.3 Å². The van der Waals surface area contributed by atoms with Crippen molar-refractivity contribution >= 4 is 28.7 Å². The van der Waals surface area contributed by atoms with Gasteiger partial charge in [0.25, 0.3) is 5.91 Å². The van der Waals surface area contributed by atoms with Gasteiger partial charge in [0.15, 0.2) is 11.5 Å². The fourth-order valence-electron chi connectivity index (χ4n) is 2.56. The van der Waals surface area contributed by atoms with E-state index in [0.29, 0.717) is 28.4 Å². The zero-order chi connectivity index (χ0) is 20.7. The minimum absolute atomic E-state index is 0.280. The molecule has 0 bridgehead atoms. The quantitative estimate of drug-likeness (QED) is 0.657. The Labute approximate surface area is 167 Å². The summed E-state index contributed by atoms with van der Waals surface area (Å²) in [4.78, 5) is 37.3. The van der Waals surface area contributed by atoms with Gasteiger partial charge in [0.1, 0.15) is 6.04 Å². The molecule has 2 aromatic rings. The van der Waals surface area contributed by atoms with E-state index in [9.17, 15) is 14.4 Å². The third kappa shape index (κ3) is 4.83. The largest absolute Gasteiger partial charge is 0.493 e. The van der Waals surface area contributed by atoms with Gasteiger partial charge in [-0.15, -0.1) is 0 Å². The molecule has 0 heterocycles. The molecular weight excluding hydrogens is 380 g/mol. The highest BCUT2D eigenvalue weighted by atomic mass is 32.2. The lowest BCUT2D eigenvalue weighted by atomic mass is 10.1. The molecule has 2 rings (SSSR count). The van der Waals surface area contributed by atoms with E-state index in [0.717, 1.165) is 11.8 Å². The smallest absolute Gasteiger partial charge is 0.253 e. The fourth-order valence-corrected chi connectivity index (χ4v) is 3.44. The number of carbonyl (C=O) groups is 3. The second-order valence-corrected chi connectivity index (χ2v) is 6.78. The Bertz CT molecular complexity index is 885. The zero-order valence-electron chi connectivity index (χ0n) is 15.9. The Hall–Kier alpha value is -3.00. The second kappa shape index (κ2) is 9.80. The summed E-state index contributed by atoms with van der Waals surface area (Å²) >= 11 is 0.892. The van der Waals surface area contributed by atoms with Gasteiger partial charge in [0, 0.05) is 4.90 Å². The molecule has 8 heteroatoms. The third-order valence-electron chi connectivity index (χ3n) is 4.01. The summed E-state index contributed by atoms with van der Waals surface area (Å²) in [5.41, 5.74) is 5.89. The van der Waals surface area contributed by atoms with Crippen molar-refractivity contribution in [3.8, 4) is 11.5 Å². The first-order valence-electron chi connectivity index (χ1n) is 8.55. The van der Waals surface area contributed by atoms with Crippen molar-refractivity contribution in [1.82, 2.24) is 5.32 Å². The number of ether oxygens (including phenoxy) is 2. The highest BCUT2D eigenvalue weighted by Gasteiger charge is 2.22. The number of hydrogen-bond acceptors (Lipinski definition) is 6. The summed E-state index contributed by atoms with van der Waals surface area (Å²) in [5, 5.41) is 2.29. The first-order chi connectivity index (χ1) is 13.4. The van der Waals surface area contributed by atoms with Gasteiger partial charge in [0.2, 0.25) is 11.0 Å². The Balaban J connectivity index is 2.30. The van der Waals surface area contributed by atoms with Crippen LogP contribution < -0.4 is 20.5 Å². The zero-order valence-corrected chi connectivity index (χ0v) is 16.7. The number of methoxy groups -OCH3 is 2. The number of rotatable bonds is 8. The van der Waals surface area contributed by atoms with Gasteiger partial charge in [-0.2, -0.15) is 0 Å². The number of nitrogens with one attached hydrogen (secondary N) is 1. The van der Waals surface area contributed by atoms with Crippen molar-refractivity contribution < 1.29 is 23.9 Å². The maximum atomic E-state index is 12.8. The Morgan fingerprint density at radius 1 is 1.04 bits per heavy atom. The van der Waals surface area contributed by atoms with Crippen LogP contribution in [-0.4, -0.2) is 37.2 Å². The number of amides is 2. The van der Waals surface area contributed by atoms with Crippen molar-refractivity contribution in [2.45, 2.75) is 24.3 Å². The summed E-state index contributed by atoms with van der Waals surface area (Å²) in [6.45, 7) is 1.74. The highest BCUT2D eigenvalue weighted by molar-refractivity contribution is 8.14. The van der Waals surface area contributed by atoms with E-state index in [1.165, 1.54) is 14.2 Å². The molecular formula is C20H22N2O5S. The monoisotopic (exact) mass is 402 g/mol. The summed E-state index contributed by atoms with van der Waals surface area (Å²) in [7, 11) is 2.94. The van der Waals surface area contributed by atoms with E-state index in [1.807, 2.05) is 0 Å². The average Bonchev–Trinajstić information content (AvgIpc) is 2.71. The summed E-state index contributed by atoms with van der Waals surface area (Å²) in [6.07, 6.45) is 0.371. The van der Waals surface area contributed by atoms with Crippen LogP contribution in [0.4, 0.5) is 0 Å². The number of primary amides is 1. The van der Waals surface area contributed by atoms with Gasteiger partial charge in [-0.3, -0.25) is 14.4 Å². The van der Waals surface area contributed by atoms with Crippen molar-refractivity contribution in [3.05, 3.63) is 53.6 Å². The van der Waals surface area contributed by atoms with Crippen molar-refractivity contribution in [1.29, 1.82) is 0 Å². The fraction of sp³-hybridized carbons (Fsp3) is 0.250. The Morgan fingerprint density at radius 2 is 1.71 bits per heavy atom. The van der Waals surface area contributed by atoms with Gasteiger partial charge in [-0.1, -0.05) is 25.1 Å². The number of nitrogens with two attached hydrogens (primary N) is 1. The first kappa shape index (κ1) is 21.3. The van der Waals surface area contributed by atoms with Gasteiger partial charge in [-0.25, -0.2) is 0 Å². The molecule has 28 heavy (non-hydrogen) atoms. The molecule has 0 aliphatic heterocycles. The standard InChI is InChI=1S/C20H22N2O5S/c1-4-14(18(21)23)22-19(24)12-8-5-6-11-16(12)28-20(25)13-9-7-10-15(26-2)17(13)27-3/h5-11,14H,4H2,1-3H3,(H2,21,23)(H,22,24)/t14-/m0/s1. The maximum absolute atomic E-state index is 12.8. The minimum Gasteiger partial charge on any atom is -0.493 e. The van der Waals surface area contributed by atoms with E-state index >= 15 is 0 Å². The molecule has 148 valence electrons. The number of hydrogen-bond donors (Lipinski definition) is 2. The van der Waals surface area contributed by atoms with Gasteiger partial charge in [-0.05, 0) is 42.4 Å². The molecule has 0 unspecified atom stereocenters. The van der Waals surface area contributed by atoms with E-state index in [2.05, 4.69) is 5.32 Å². The normalized spacial score (nSPS) is 11.4. The van der Waals surface area contributed by atoms with Crippen LogP contribution in [0.25, 0.3) is 0 Å². The first-order valence-corrected chi connectivity index (χ1v) is 9.36. The van der Waals surface area contributed by atoms with Gasteiger partial charge < -0.3 is 20.5 Å². The molecule has 0 saturated heterocycles. The van der Waals surface area contributed by atoms with Crippen LogP contribution in [0.3, 0.4) is 0 Å². The SMILES string of the molecule is CC[C@H](NC(=O)c1ccccc1SC(=O)c1cccc(OC)c1OC)C(N)=O. The molecule has 3 N–H and O–H groups in total. The molecule has 0 saturated carbocycles. The van der Waals surface area contributed by atoms with E-state index < -0.39 is 17.9 Å². The van der Waals surface area contributed by atoms with Crippen LogP contribution >= 0.6 is 11.8 Å². The molecule has 2 aromatic carbocycles. The maximum Gasteiger partial charge on any atom is 0.253 e. The molecule has 2 amide bonds. The number of carbonyl (C=O) groups excluding carboxylic acids is 3. The van der Waals surface area contributed by atoms with Gasteiger partial charge >= 0.3 is 0 Å². The number of para-hydroxylation sites is 1. The lowest BCUT2D eigenvalue weighted by Gasteiger charge is -2.15.